The van der Waals surface area contributed by atoms with Crippen LogP contribution in [0.2, 0.25) is 0 Å². The number of aromatic amines is 1. The van der Waals surface area contributed by atoms with Crippen LogP contribution >= 0.6 is 0 Å². The number of hydrogen-bond donors (Lipinski definition) is 3. The van der Waals surface area contributed by atoms with Crippen molar-refractivity contribution in [3.05, 3.63) is 46.2 Å². The van der Waals surface area contributed by atoms with Gasteiger partial charge in [-0.25, -0.2) is 4.79 Å². The number of nitrogens with one attached hydrogen (secondary N) is 2. The maximum atomic E-state index is 13.0. The summed E-state index contributed by atoms with van der Waals surface area (Å²) in [5.74, 6) is -5.40. The van der Waals surface area contributed by atoms with Gasteiger partial charge in [0.25, 0.3) is 0 Å². The molecule has 1 fully saturated rings. The number of carbonyl (C=O) groups excluding carboxylic acids is 1. The van der Waals surface area contributed by atoms with Gasteiger partial charge in [-0.15, -0.1) is 0 Å². The molecular formula is C17H16F3N3O4. The van der Waals surface area contributed by atoms with Gasteiger partial charge in [0.05, 0.1) is 11.8 Å². The van der Waals surface area contributed by atoms with Gasteiger partial charge in [-0.05, 0) is 11.6 Å². The van der Waals surface area contributed by atoms with E-state index in [9.17, 15) is 27.6 Å². The molecule has 1 aromatic heterocycles. The van der Waals surface area contributed by atoms with Crippen LogP contribution in [0.15, 0.2) is 35.1 Å². The Morgan fingerprint density at radius 2 is 1.96 bits per heavy atom. The van der Waals surface area contributed by atoms with E-state index >= 15 is 0 Å². The fourth-order valence-corrected chi connectivity index (χ4v) is 3.26. The Morgan fingerprint density at radius 3 is 2.59 bits per heavy atom. The van der Waals surface area contributed by atoms with Crippen LogP contribution in [-0.4, -0.2) is 46.3 Å². The highest BCUT2D eigenvalue weighted by Crippen LogP contribution is 2.37. The Kier molecular flexibility index (Phi) is 4.81. The number of rotatable bonds is 3. The highest BCUT2D eigenvalue weighted by atomic mass is 19.4. The Labute approximate surface area is 150 Å². The van der Waals surface area contributed by atoms with E-state index in [4.69, 9.17) is 5.11 Å². The third-order valence-corrected chi connectivity index (χ3v) is 4.61. The summed E-state index contributed by atoms with van der Waals surface area (Å²) in [6.07, 6.45) is -4.71. The number of aliphatic carboxylic acids is 1. The summed E-state index contributed by atoms with van der Waals surface area (Å²) in [6, 6.07) is 7.39. The van der Waals surface area contributed by atoms with Crippen LogP contribution in [0, 0.1) is 11.8 Å². The number of carboxylic acids is 1. The average Bonchev–Trinajstić information content (AvgIpc) is 3.05. The molecule has 27 heavy (non-hydrogen) atoms. The first kappa shape index (κ1) is 18.7. The zero-order chi connectivity index (χ0) is 19.8. The summed E-state index contributed by atoms with van der Waals surface area (Å²) in [5.41, 5.74) is 0.699. The Hall–Kier alpha value is -3.04. The SMILES string of the molecule is O=C(O)[C@@H]1CN(C(=O)NCc2cc(=O)[nH]c3ccccc23)C[C@H]1C(F)(F)F. The van der Waals surface area contributed by atoms with Crippen LogP contribution in [0.4, 0.5) is 18.0 Å². The number of urea groups is 1. The van der Waals surface area contributed by atoms with Crippen molar-refractivity contribution in [3.63, 3.8) is 0 Å². The lowest BCUT2D eigenvalue weighted by Crippen LogP contribution is -2.39. The van der Waals surface area contributed by atoms with Crippen molar-refractivity contribution in [1.29, 1.82) is 0 Å². The average molecular weight is 383 g/mol. The highest BCUT2D eigenvalue weighted by Gasteiger charge is 2.53. The van der Waals surface area contributed by atoms with Gasteiger partial charge in [0.15, 0.2) is 0 Å². The van der Waals surface area contributed by atoms with Gasteiger partial charge in [0.2, 0.25) is 5.56 Å². The van der Waals surface area contributed by atoms with E-state index in [-0.39, 0.29) is 12.1 Å². The van der Waals surface area contributed by atoms with Crippen molar-refractivity contribution in [3.8, 4) is 0 Å². The molecule has 2 aromatic rings. The maximum Gasteiger partial charge on any atom is 0.394 e. The van der Waals surface area contributed by atoms with Crippen molar-refractivity contribution >= 4 is 22.9 Å². The first-order valence-electron chi connectivity index (χ1n) is 8.10. The number of benzene rings is 1. The van der Waals surface area contributed by atoms with Crippen molar-refractivity contribution in [2.75, 3.05) is 13.1 Å². The zero-order valence-electron chi connectivity index (χ0n) is 13.9. The van der Waals surface area contributed by atoms with Crippen LogP contribution in [0.3, 0.4) is 0 Å². The van der Waals surface area contributed by atoms with Gasteiger partial charge >= 0.3 is 18.2 Å². The van der Waals surface area contributed by atoms with Crippen LogP contribution in [0.1, 0.15) is 5.56 Å². The summed E-state index contributed by atoms with van der Waals surface area (Å²) in [6.45, 7) is -1.32. The molecule has 1 saturated heterocycles. The van der Waals surface area contributed by atoms with E-state index < -0.39 is 43.1 Å². The number of halogens is 3. The van der Waals surface area contributed by atoms with Gasteiger partial charge in [0, 0.05) is 36.6 Å². The molecule has 2 heterocycles. The van der Waals surface area contributed by atoms with E-state index in [1.54, 1.807) is 24.3 Å². The van der Waals surface area contributed by atoms with Gasteiger partial charge in [-0.3, -0.25) is 9.59 Å². The number of carboxylic acid groups (broad SMARTS) is 1. The Morgan fingerprint density at radius 1 is 1.26 bits per heavy atom. The predicted molar refractivity (Wildman–Crippen MR) is 89.0 cm³/mol. The number of aromatic nitrogens is 1. The molecule has 2 atom stereocenters. The molecule has 2 amide bonds. The number of para-hydroxylation sites is 1. The number of carbonyl (C=O) groups is 2. The Balaban J connectivity index is 1.74. The van der Waals surface area contributed by atoms with Crippen LogP contribution < -0.4 is 10.9 Å². The number of pyridine rings is 1. The van der Waals surface area contributed by atoms with Crippen molar-refractivity contribution in [2.45, 2.75) is 12.7 Å². The molecule has 1 aromatic carbocycles. The molecule has 0 spiro atoms. The number of fused-ring (bicyclic) bond motifs is 1. The minimum Gasteiger partial charge on any atom is -0.481 e. The topological polar surface area (TPSA) is 102 Å². The van der Waals surface area contributed by atoms with Crippen LogP contribution in [0.25, 0.3) is 10.9 Å². The number of likely N-dealkylation sites (tertiary alicyclic amines) is 1. The minimum atomic E-state index is -4.71. The van der Waals surface area contributed by atoms with Crippen LogP contribution in [-0.2, 0) is 11.3 Å². The van der Waals surface area contributed by atoms with Gasteiger partial charge < -0.3 is 20.3 Å². The predicted octanol–water partition coefficient (Wildman–Crippen LogP) is 1.93. The largest absolute Gasteiger partial charge is 0.481 e. The third kappa shape index (κ3) is 3.88. The zero-order valence-corrected chi connectivity index (χ0v) is 13.9. The lowest BCUT2D eigenvalue weighted by atomic mass is 9.96. The monoisotopic (exact) mass is 383 g/mol. The lowest BCUT2D eigenvalue weighted by molar-refractivity contribution is -0.187. The molecule has 1 aliphatic rings. The van der Waals surface area contributed by atoms with E-state index in [1.807, 2.05) is 0 Å². The number of H-pyrrole nitrogens is 1. The van der Waals surface area contributed by atoms with Crippen LogP contribution in [0.5, 0.6) is 0 Å². The summed E-state index contributed by atoms with van der Waals surface area (Å²) in [7, 11) is 0. The lowest BCUT2D eigenvalue weighted by Gasteiger charge is -2.19. The van der Waals surface area contributed by atoms with Gasteiger partial charge in [0.1, 0.15) is 0 Å². The molecule has 10 heteroatoms. The summed E-state index contributed by atoms with van der Waals surface area (Å²) in [5, 5.41) is 12.2. The molecule has 7 nitrogen and oxygen atoms in total. The van der Waals surface area contributed by atoms with E-state index in [0.717, 1.165) is 4.90 Å². The molecule has 0 unspecified atom stereocenters. The summed E-state index contributed by atoms with van der Waals surface area (Å²) in [4.78, 5) is 38.5. The molecule has 0 saturated carbocycles. The molecular weight excluding hydrogens is 367 g/mol. The van der Waals surface area contributed by atoms with E-state index in [1.165, 1.54) is 6.07 Å². The molecule has 1 aliphatic heterocycles. The smallest absolute Gasteiger partial charge is 0.394 e. The molecule has 3 rings (SSSR count). The molecule has 144 valence electrons. The highest BCUT2D eigenvalue weighted by molar-refractivity contribution is 5.83. The fourth-order valence-electron chi connectivity index (χ4n) is 3.26. The molecule has 0 aliphatic carbocycles. The number of amides is 2. The number of nitrogens with zero attached hydrogens (tertiary/aromatic N) is 1. The normalized spacial score (nSPS) is 20.0. The maximum absolute atomic E-state index is 13.0. The van der Waals surface area contributed by atoms with Gasteiger partial charge in [-0.1, -0.05) is 18.2 Å². The molecule has 0 bridgehead atoms. The van der Waals surface area contributed by atoms with Gasteiger partial charge in [-0.2, -0.15) is 13.2 Å². The summed E-state index contributed by atoms with van der Waals surface area (Å²) >= 11 is 0. The first-order chi connectivity index (χ1) is 12.7. The summed E-state index contributed by atoms with van der Waals surface area (Å²) < 4.78 is 39.1. The molecule has 0 radical (unpaired) electrons. The van der Waals surface area contributed by atoms with Crippen molar-refractivity contribution < 1.29 is 27.9 Å². The standard InChI is InChI=1S/C17H16F3N3O4/c18-17(19,20)12-8-23(7-11(12)15(25)26)16(27)21-6-9-5-14(24)22-13-4-2-1-3-10(9)13/h1-5,11-12H,6-8H2,(H,21,27)(H,22,24)(H,25,26)/t11-,12-/m1/s1. The second-order valence-electron chi connectivity index (χ2n) is 6.36. The number of hydrogen-bond acceptors (Lipinski definition) is 3. The Bertz CT molecular complexity index is 941. The first-order valence-corrected chi connectivity index (χ1v) is 8.10. The third-order valence-electron chi connectivity index (χ3n) is 4.61. The second-order valence-corrected chi connectivity index (χ2v) is 6.36. The number of alkyl halides is 3. The van der Waals surface area contributed by atoms with E-state index in [2.05, 4.69) is 10.3 Å². The fraction of sp³-hybridized carbons (Fsp3) is 0.353. The van der Waals surface area contributed by atoms with Crippen molar-refractivity contribution in [2.24, 2.45) is 11.8 Å². The minimum absolute atomic E-state index is 0.0752. The molecule has 3 N–H and O–H groups in total. The quantitative estimate of drug-likeness (QED) is 0.754. The second kappa shape index (κ2) is 6.93. The van der Waals surface area contributed by atoms with Crippen molar-refractivity contribution in [1.82, 2.24) is 15.2 Å². The van der Waals surface area contributed by atoms with E-state index in [0.29, 0.717) is 16.5 Å².